The summed E-state index contributed by atoms with van der Waals surface area (Å²) in [6.07, 6.45) is 1.49. The molecule has 0 saturated heterocycles. The van der Waals surface area contributed by atoms with Crippen LogP contribution < -0.4 is 0 Å². The second-order valence-corrected chi connectivity index (χ2v) is 7.99. The van der Waals surface area contributed by atoms with Gasteiger partial charge in [-0.3, -0.25) is 0 Å². The molecule has 3 rings (SSSR count). The highest BCUT2D eigenvalue weighted by Gasteiger charge is 2.23. The second-order valence-electron chi connectivity index (χ2n) is 4.22. The Morgan fingerprint density at radius 1 is 1.14 bits per heavy atom. The molecule has 0 amide bonds. The first kappa shape index (κ1) is 15.1. The van der Waals surface area contributed by atoms with Gasteiger partial charge in [0.25, 0.3) is 10.0 Å². The Morgan fingerprint density at radius 3 is 2.48 bits per heavy atom. The fraction of sp³-hybridized carbons (Fsp3) is 0. The van der Waals surface area contributed by atoms with E-state index in [0.29, 0.717) is 14.0 Å². The number of benzene rings is 1. The molecule has 3 aromatic rings. The lowest BCUT2D eigenvalue weighted by atomic mass is 10.3. The van der Waals surface area contributed by atoms with Crippen LogP contribution in [0.4, 0.5) is 0 Å². The van der Waals surface area contributed by atoms with Crippen LogP contribution in [0.1, 0.15) is 0 Å². The summed E-state index contributed by atoms with van der Waals surface area (Å²) in [6.45, 7) is 0. The SMILES string of the molecule is O=S(=O)(c1ccccc1)n1cc(I)c2c(Cl)cc(Cl)nc21. The van der Waals surface area contributed by atoms with Gasteiger partial charge < -0.3 is 0 Å². The molecule has 4 nitrogen and oxygen atoms in total. The van der Waals surface area contributed by atoms with Gasteiger partial charge in [0, 0.05) is 9.77 Å². The van der Waals surface area contributed by atoms with Crippen molar-refractivity contribution in [2.45, 2.75) is 4.90 Å². The van der Waals surface area contributed by atoms with Gasteiger partial charge in [-0.25, -0.2) is 17.4 Å². The number of rotatable bonds is 2. The van der Waals surface area contributed by atoms with E-state index in [-0.39, 0.29) is 15.7 Å². The van der Waals surface area contributed by atoms with E-state index >= 15 is 0 Å². The molecule has 21 heavy (non-hydrogen) atoms. The van der Waals surface area contributed by atoms with Gasteiger partial charge in [-0.1, -0.05) is 41.4 Å². The zero-order valence-corrected chi connectivity index (χ0v) is 14.8. The van der Waals surface area contributed by atoms with Crippen molar-refractivity contribution in [3.63, 3.8) is 0 Å². The van der Waals surface area contributed by atoms with Crippen LogP contribution >= 0.6 is 45.8 Å². The molecule has 0 radical (unpaired) electrons. The van der Waals surface area contributed by atoms with Gasteiger partial charge >= 0.3 is 0 Å². The highest BCUT2D eigenvalue weighted by molar-refractivity contribution is 14.1. The van der Waals surface area contributed by atoms with E-state index in [1.54, 1.807) is 18.2 Å². The fourth-order valence-electron chi connectivity index (χ4n) is 1.97. The third-order valence-electron chi connectivity index (χ3n) is 2.90. The third kappa shape index (κ3) is 2.54. The van der Waals surface area contributed by atoms with E-state index < -0.39 is 10.0 Å². The lowest BCUT2D eigenvalue weighted by molar-refractivity contribution is 0.588. The number of aromatic nitrogens is 2. The first-order valence-electron chi connectivity index (χ1n) is 5.74. The number of hydrogen-bond donors (Lipinski definition) is 0. The van der Waals surface area contributed by atoms with E-state index in [1.165, 1.54) is 24.4 Å². The summed E-state index contributed by atoms with van der Waals surface area (Å²) in [6, 6.07) is 9.63. The molecule has 0 aliphatic carbocycles. The topological polar surface area (TPSA) is 52.0 Å². The van der Waals surface area contributed by atoms with Gasteiger partial charge in [0.2, 0.25) is 0 Å². The Labute approximate surface area is 144 Å². The van der Waals surface area contributed by atoms with Gasteiger partial charge in [-0.15, -0.1) is 0 Å². The summed E-state index contributed by atoms with van der Waals surface area (Å²) in [5.41, 5.74) is 0.223. The minimum Gasteiger partial charge on any atom is -0.223 e. The van der Waals surface area contributed by atoms with Gasteiger partial charge in [0.05, 0.1) is 15.3 Å². The van der Waals surface area contributed by atoms with E-state index in [0.717, 1.165) is 3.97 Å². The molecule has 0 fully saturated rings. The first-order valence-corrected chi connectivity index (χ1v) is 9.02. The zero-order valence-electron chi connectivity index (χ0n) is 10.3. The standard InChI is InChI=1S/C13H7Cl2IN2O2S/c14-9-6-11(15)17-13-12(9)10(16)7-18(13)21(19,20)8-4-2-1-3-5-8/h1-7H. The number of halogens is 3. The molecule has 2 aromatic heterocycles. The maximum atomic E-state index is 12.7. The van der Waals surface area contributed by atoms with Crippen LogP contribution in [0.3, 0.4) is 0 Å². The monoisotopic (exact) mass is 452 g/mol. The molecule has 0 bridgehead atoms. The van der Waals surface area contributed by atoms with Crippen LogP contribution in [0.25, 0.3) is 11.0 Å². The normalized spacial score (nSPS) is 12.0. The van der Waals surface area contributed by atoms with Crippen molar-refractivity contribution in [1.82, 2.24) is 8.96 Å². The van der Waals surface area contributed by atoms with Crippen LogP contribution in [0.5, 0.6) is 0 Å². The molecule has 0 saturated carbocycles. The Bertz CT molecular complexity index is 940. The summed E-state index contributed by atoms with van der Waals surface area (Å²) in [5.74, 6) is 0. The van der Waals surface area contributed by atoms with Crippen molar-refractivity contribution >= 4 is 66.8 Å². The smallest absolute Gasteiger partial charge is 0.223 e. The van der Waals surface area contributed by atoms with Crippen molar-refractivity contribution in [3.05, 3.63) is 56.3 Å². The van der Waals surface area contributed by atoms with Crippen LogP contribution in [0.15, 0.2) is 47.5 Å². The fourth-order valence-corrected chi connectivity index (χ4v) is 5.00. The van der Waals surface area contributed by atoms with E-state index in [9.17, 15) is 8.42 Å². The molecular formula is C13H7Cl2IN2O2S. The predicted molar refractivity (Wildman–Crippen MR) is 91.5 cm³/mol. The maximum Gasteiger partial charge on any atom is 0.269 e. The average molecular weight is 453 g/mol. The molecule has 1 aromatic carbocycles. The quantitative estimate of drug-likeness (QED) is 0.432. The van der Waals surface area contributed by atoms with Crippen LogP contribution in [-0.2, 0) is 10.0 Å². The molecule has 0 unspecified atom stereocenters. The number of nitrogens with zero attached hydrogens (tertiary/aromatic N) is 2. The third-order valence-corrected chi connectivity index (χ3v) is 5.87. The van der Waals surface area contributed by atoms with Crippen molar-refractivity contribution in [2.75, 3.05) is 0 Å². The van der Waals surface area contributed by atoms with Gasteiger partial charge in [0.15, 0.2) is 5.65 Å². The summed E-state index contributed by atoms with van der Waals surface area (Å²) in [7, 11) is -3.75. The molecule has 0 aliphatic heterocycles. The minimum atomic E-state index is -3.75. The largest absolute Gasteiger partial charge is 0.269 e. The summed E-state index contributed by atoms with van der Waals surface area (Å²) in [4.78, 5) is 4.29. The van der Waals surface area contributed by atoms with Crippen LogP contribution in [-0.4, -0.2) is 17.4 Å². The van der Waals surface area contributed by atoms with E-state index in [1.807, 2.05) is 22.6 Å². The summed E-state index contributed by atoms with van der Waals surface area (Å²) in [5, 5.41) is 1.09. The lowest BCUT2D eigenvalue weighted by Crippen LogP contribution is -2.12. The number of fused-ring (bicyclic) bond motifs is 1. The Morgan fingerprint density at radius 2 is 1.81 bits per heavy atom. The molecule has 0 aliphatic rings. The Hall–Kier alpha value is -0.830. The van der Waals surface area contributed by atoms with Crippen molar-refractivity contribution in [2.24, 2.45) is 0 Å². The van der Waals surface area contributed by atoms with Crippen LogP contribution in [0.2, 0.25) is 10.2 Å². The highest BCUT2D eigenvalue weighted by atomic mass is 127. The molecule has 108 valence electrons. The van der Waals surface area contributed by atoms with E-state index in [4.69, 9.17) is 23.2 Å². The zero-order chi connectivity index (χ0) is 15.2. The second kappa shape index (κ2) is 5.42. The van der Waals surface area contributed by atoms with Crippen molar-refractivity contribution in [1.29, 1.82) is 0 Å². The summed E-state index contributed by atoms with van der Waals surface area (Å²) < 4.78 is 27.2. The Kier molecular flexibility index (Phi) is 3.89. The summed E-state index contributed by atoms with van der Waals surface area (Å²) >= 11 is 14.1. The average Bonchev–Trinajstić information content (AvgIpc) is 2.77. The number of hydrogen-bond acceptors (Lipinski definition) is 3. The molecule has 0 atom stereocenters. The van der Waals surface area contributed by atoms with Gasteiger partial charge in [-0.2, -0.15) is 0 Å². The van der Waals surface area contributed by atoms with Crippen molar-refractivity contribution < 1.29 is 8.42 Å². The number of pyridine rings is 1. The van der Waals surface area contributed by atoms with E-state index in [2.05, 4.69) is 4.98 Å². The van der Waals surface area contributed by atoms with Crippen molar-refractivity contribution in [3.8, 4) is 0 Å². The predicted octanol–water partition coefficient (Wildman–Crippen LogP) is 4.18. The van der Waals surface area contributed by atoms with Gasteiger partial charge in [0.1, 0.15) is 5.15 Å². The Balaban J connectivity index is 2.37. The molecule has 0 spiro atoms. The lowest BCUT2D eigenvalue weighted by Gasteiger charge is -2.07. The minimum absolute atomic E-state index is 0.145. The van der Waals surface area contributed by atoms with Crippen LogP contribution in [0, 0.1) is 3.57 Å². The first-order chi connectivity index (χ1) is 9.91. The highest BCUT2D eigenvalue weighted by Crippen LogP contribution is 2.32. The maximum absolute atomic E-state index is 12.7. The molecule has 2 heterocycles. The molecule has 8 heteroatoms. The van der Waals surface area contributed by atoms with Gasteiger partial charge in [-0.05, 0) is 40.8 Å². The molecule has 0 N–H and O–H groups in total. The molecular weight excluding hydrogens is 446 g/mol.